The summed E-state index contributed by atoms with van der Waals surface area (Å²) in [7, 11) is 0. The Bertz CT molecular complexity index is 601. The van der Waals surface area contributed by atoms with Crippen LogP contribution in [0.1, 0.15) is 28.9 Å². The number of rotatable bonds is 3. The number of halogens is 1. The van der Waals surface area contributed by atoms with Gasteiger partial charge in [0.05, 0.1) is 0 Å². The summed E-state index contributed by atoms with van der Waals surface area (Å²) < 4.78 is 0.772. The molecule has 0 N–H and O–H groups in total. The molecule has 1 heterocycles. The van der Waals surface area contributed by atoms with E-state index >= 15 is 0 Å². The minimum Gasteiger partial charge on any atom is -0.617 e. The fourth-order valence-corrected chi connectivity index (χ4v) is 3.29. The van der Waals surface area contributed by atoms with Gasteiger partial charge in [0.25, 0.3) is 10.2 Å². The topological polar surface area (TPSA) is 26.9 Å². The highest BCUT2D eigenvalue weighted by Gasteiger charge is 2.16. The molecule has 0 aliphatic rings. The van der Waals surface area contributed by atoms with Gasteiger partial charge in [0, 0.05) is 17.4 Å². The van der Waals surface area contributed by atoms with Crippen molar-refractivity contribution < 1.29 is 4.73 Å². The lowest BCUT2D eigenvalue weighted by molar-refractivity contribution is -0.643. The fourth-order valence-electron chi connectivity index (χ4n) is 1.98. The molecule has 2 aromatic rings. The van der Waals surface area contributed by atoms with Crippen LogP contribution in [0.3, 0.4) is 0 Å². The summed E-state index contributed by atoms with van der Waals surface area (Å²) in [4.78, 5) is 0. The summed E-state index contributed by atoms with van der Waals surface area (Å²) >= 11 is 7.36. The van der Waals surface area contributed by atoms with Gasteiger partial charge in [0.15, 0.2) is 0 Å². The number of aryl methyl sites for hydroxylation is 2. The predicted molar refractivity (Wildman–Crippen MR) is 80.6 cm³/mol. The summed E-state index contributed by atoms with van der Waals surface area (Å²) in [5, 5.41) is 12.9. The molecule has 0 bridgehead atoms. The summed E-state index contributed by atoms with van der Waals surface area (Å²) in [5.41, 5.74) is 3.73. The summed E-state index contributed by atoms with van der Waals surface area (Å²) in [6.45, 7) is 6.27. The van der Waals surface area contributed by atoms with Gasteiger partial charge in [-0.05, 0) is 61.3 Å². The number of hydrogen-bond acceptors (Lipinski definition) is 2. The van der Waals surface area contributed by atoms with Crippen LogP contribution < -0.4 is 4.73 Å². The SMILES string of the molecule is Cc1ccc(C)c(C(C)Sc2cccc(Cl)[n+]2[O-])c1. The molecule has 1 unspecified atom stereocenters. The lowest BCUT2D eigenvalue weighted by atomic mass is 10.0. The van der Waals surface area contributed by atoms with Gasteiger partial charge >= 0.3 is 0 Å². The predicted octanol–water partition coefficient (Wildman–Crippen LogP) is 4.44. The number of nitrogens with zero attached hydrogens (tertiary/aromatic N) is 1. The average molecular weight is 294 g/mol. The van der Waals surface area contributed by atoms with Crippen LogP contribution in [0.4, 0.5) is 0 Å². The first-order valence-corrected chi connectivity index (χ1v) is 7.36. The average Bonchev–Trinajstić information content (AvgIpc) is 2.38. The monoisotopic (exact) mass is 293 g/mol. The van der Waals surface area contributed by atoms with Gasteiger partial charge < -0.3 is 5.21 Å². The van der Waals surface area contributed by atoms with E-state index in [0.717, 1.165) is 4.73 Å². The largest absolute Gasteiger partial charge is 0.617 e. The molecule has 0 aliphatic carbocycles. The van der Waals surface area contributed by atoms with Crippen molar-refractivity contribution >= 4 is 23.4 Å². The number of benzene rings is 1. The third kappa shape index (κ3) is 3.23. The van der Waals surface area contributed by atoms with Gasteiger partial charge in [-0.15, -0.1) is 4.73 Å². The van der Waals surface area contributed by atoms with Gasteiger partial charge in [-0.3, -0.25) is 0 Å². The van der Waals surface area contributed by atoms with E-state index in [2.05, 4.69) is 39.0 Å². The van der Waals surface area contributed by atoms with Gasteiger partial charge in [-0.25, -0.2) is 0 Å². The highest BCUT2D eigenvalue weighted by molar-refractivity contribution is 7.99. The standard InChI is InChI=1S/C15H16ClNOS/c1-10-7-8-11(2)13(9-10)12(3)19-15-6-4-5-14(16)17(15)18/h4-9,12H,1-3H3. The molecule has 1 aromatic carbocycles. The molecular formula is C15H16ClNOS. The second-order valence-corrected chi connectivity index (χ2v) is 6.35. The number of hydrogen-bond donors (Lipinski definition) is 0. The zero-order valence-electron chi connectivity index (χ0n) is 11.2. The highest BCUT2D eigenvalue weighted by Crippen LogP contribution is 2.35. The van der Waals surface area contributed by atoms with E-state index in [1.54, 1.807) is 18.2 Å². The Morgan fingerprint density at radius 1 is 1.21 bits per heavy atom. The Morgan fingerprint density at radius 3 is 2.68 bits per heavy atom. The van der Waals surface area contributed by atoms with E-state index in [4.69, 9.17) is 11.6 Å². The Balaban J connectivity index is 2.28. The van der Waals surface area contributed by atoms with Crippen LogP contribution in [0.15, 0.2) is 41.4 Å². The zero-order chi connectivity index (χ0) is 14.0. The lowest BCUT2D eigenvalue weighted by Crippen LogP contribution is -2.30. The quantitative estimate of drug-likeness (QED) is 0.362. The van der Waals surface area contributed by atoms with Gasteiger partial charge in [-0.2, -0.15) is 0 Å². The number of thioether (sulfide) groups is 1. The molecule has 19 heavy (non-hydrogen) atoms. The number of aromatic nitrogens is 1. The Kier molecular flexibility index (Phi) is 4.38. The van der Waals surface area contributed by atoms with Gasteiger partial charge in [-0.1, -0.05) is 23.8 Å². The maximum Gasteiger partial charge on any atom is 0.287 e. The molecule has 2 nitrogen and oxygen atoms in total. The van der Waals surface area contributed by atoms with Crippen molar-refractivity contribution in [3.8, 4) is 0 Å². The Labute approximate surface area is 123 Å². The molecule has 1 aromatic heterocycles. The Morgan fingerprint density at radius 2 is 1.95 bits per heavy atom. The second kappa shape index (κ2) is 5.85. The molecule has 0 saturated carbocycles. The minimum absolute atomic E-state index is 0.207. The minimum atomic E-state index is 0.207. The molecule has 2 rings (SSSR count). The van der Waals surface area contributed by atoms with Crippen molar-refractivity contribution in [2.24, 2.45) is 0 Å². The van der Waals surface area contributed by atoms with Gasteiger partial charge in [0.1, 0.15) is 0 Å². The van der Waals surface area contributed by atoms with Crippen molar-refractivity contribution in [2.75, 3.05) is 0 Å². The van der Waals surface area contributed by atoms with Crippen molar-refractivity contribution in [1.82, 2.24) is 0 Å². The van der Waals surface area contributed by atoms with Gasteiger partial charge in [0.2, 0.25) is 0 Å². The molecule has 0 spiro atoms. The van der Waals surface area contributed by atoms with Crippen LogP contribution in [0.2, 0.25) is 5.15 Å². The van der Waals surface area contributed by atoms with E-state index in [1.165, 1.54) is 28.5 Å². The van der Waals surface area contributed by atoms with Crippen LogP contribution in [-0.2, 0) is 0 Å². The summed E-state index contributed by atoms with van der Waals surface area (Å²) in [6.07, 6.45) is 0. The summed E-state index contributed by atoms with van der Waals surface area (Å²) in [6, 6.07) is 11.6. The smallest absolute Gasteiger partial charge is 0.287 e. The normalized spacial score (nSPS) is 12.4. The highest BCUT2D eigenvalue weighted by atomic mass is 35.5. The van der Waals surface area contributed by atoms with Crippen molar-refractivity contribution in [1.29, 1.82) is 0 Å². The first kappa shape index (κ1) is 14.2. The molecule has 0 fully saturated rings. The first-order chi connectivity index (χ1) is 8.99. The molecule has 0 saturated heterocycles. The van der Waals surface area contributed by atoms with Crippen LogP contribution in [0.5, 0.6) is 0 Å². The third-order valence-electron chi connectivity index (χ3n) is 3.04. The third-order valence-corrected chi connectivity index (χ3v) is 4.47. The maximum absolute atomic E-state index is 11.9. The fraction of sp³-hybridized carbons (Fsp3) is 0.267. The van der Waals surface area contributed by atoms with Crippen LogP contribution in [0, 0.1) is 19.1 Å². The van der Waals surface area contributed by atoms with E-state index in [0.29, 0.717) is 5.03 Å². The molecular weight excluding hydrogens is 278 g/mol. The molecule has 0 amide bonds. The Hall–Kier alpha value is -1.19. The number of pyridine rings is 1. The van der Waals surface area contributed by atoms with Crippen LogP contribution in [-0.4, -0.2) is 0 Å². The van der Waals surface area contributed by atoms with Crippen molar-refractivity contribution in [3.63, 3.8) is 0 Å². The van der Waals surface area contributed by atoms with Crippen molar-refractivity contribution in [3.05, 3.63) is 63.4 Å². The molecule has 0 radical (unpaired) electrons. The van der Waals surface area contributed by atoms with Crippen LogP contribution in [0.25, 0.3) is 0 Å². The summed E-state index contributed by atoms with van der Waals surface area (Å²) in [5.74, 6) is 0. The van der Waals surface area contributed by atoms with Crippen LogP contribution >= 0.6 is 23.4 Å². The van der Waals surface area contributed by atoms with Crippen molar-refractivity contribution in [2.45, 2.75) is 31.0 Å². The first-order valence-electron chi connectivity index (χ1n) is 6.11. The molecule has 100 valence electrons. The molecule has 1 atom stereocenters. The van der Waals surface area contributed by atoms with E-state index in [9.17, 15) is 5.21 Å². The lowest BCUT2D eigenvalue weighted by Gasteiger charge is -2.14. The molecule has 4 heteroatoms. The zero-order valence-corrected chi connectivity index (χ0v) is 12.8. The maximum atomic E-state index is 11.9. The molecule has 0 aliphatic heterocycles. The van der Waals surface area contributed by atoms with E-state index in [1.807, 2.05) is 0 Å². The van der Waals surface area contributed by atoms with E-state index < -0.39 is 0 Å². The van der Waals surface area contributed by atoms with E-state index in [-0.39, 0.29) is 10.4 Å². The second-order valence-electron chi connectivity index (χ2n) is 4.60.